The second-order valence-corrected chi connectivity index (χ2v) is 15.5. The Bertz CT molecular complexity index is 3820. The normalized spacial score (nSPS) is 12.0. The van der Waals surface area contributed by atoms with Crippen LogP contribution in [-0.4, -0.2) is 19.5 Å². The molecule has 3 aromatic heterocycles. The van der Waals surface area contributed by atoms with Crippen LogP contribution < -0.4 is 0 Å². The topological polar surface area (TPSA) is 56.7 Å². The zero-order valence-corrected chi connectivity index (χ0v) is 32.2. The quantitative estimate of drug-likeness (QED) is 0.179. The fourth-order valence-electron chi connectivity index (χ4n) is 9.55. The Hall–Kier alpha value is -8.15. The molecule has 13 aromatic rings. The van der Waals surface area contributed by atoms with Crippen LogP contribution in [0.5, 0.6) is 0 Å². The van der Waals surface area contributed by atoms with Gasteiger partial charge in [0.05, 0.1) is 11.0 Å². The number of rotatable bonds is 4. The molecule has 5 nitrogen and oxygen atoms in total. The van der Waals surface area contributed by atoms with E-state index >= 15 is 0 Å². The van der Waals surface area contributed by atoms with Gasteiger partial charge >= 0.3 is 0 Å². The van der Waals surface area contributed by atoms with Crippen LogP contribution in [0.15, 0.2) is 199 Å². The first-order chi connectivity index (χ1) is 29.8. The van der Waals surface area contributed by atoms with E-state index < -0.39 is 0 Å². The predicted molar refractivity (Wildman–Crippen MR) is 248 cm³/mol. The Kier molecular flexibility index (Phi) is 6.95. The maximum atomic E-state index is 6.70. The molecule has 0 amide bonds. The third-order valence-electron chi connectivity index (χ3n) is 12.2. The molecule has 5 heteroatoms. The molecule has 0 radical (unpaired) electrons. The highest BCUT2D eigenvalue weighted by molar-refractivity contribution is 6.24. The highest BCUT2D eigenvalue weighted by Crippen LogP contribution is 2.44. The van der Waals surface area contributed by atoms with Crippen LogP contribution in [0.3, 0.4) is 0 Å². The smallest absolute Gasteiger partial charge is 0.238 e. The molecule has 0 aliphatic carbocycles. The molecule has 0 atom stereocenters. The predicted octanol–water partition coefficient (Wildman–Crippen LogP) is 14.5. The van der Waals surface area contributed by atoms with Gasteiger partial charge < -0.3 is 4.42 Å². The number of furan rings is 1. The number of fused-ring (bicyclic) bond motifs is 13. The second-order valence-electron chi connectivity index (χ2n) is 15.5. The first-order valence-electron chi connectivity index (χ1n) is 20.3. The van der Waals surface area contributed by atoms with Crippen molar-refractivity contribution in [1.29, 1.82) is 0 Å². The maximum Gasteiger partial charge on any atom is 0.238 e. The highest BCUT2D eigenvalue weighted by atomic mass is 16.3. The molecule has 0 N–H and O–H groups in total. The van der Waals surface area contributed by atoms with Gasteiger partial charge in [-0.2, -0.15) is 9.97 Å². The molecule has 0 unspecified atom stereocenters. The molecular weight excluding hydrogens is 733 g/mol. The van der Waals surface area contributed by atoms with E-state index in [0.717, 1.165) is 98.3 Å². The van der Waals surface area contributed by atoms with Crippen LogP contribution in [0, 0.1) is 0 Å². The van der Waals surface area contributed by atoms with E-state index in [1.165, 1.54) is 10.8 Å². The first kappa shape index (κ1) is 32.9. The summed E-state index contributed by atoms with van der Waals surface area (Å²) in [6.45, 7) is 0. The lowest BCUT2D eigenvalue weighted by molar-refractivity contribution is 0.672. The average Bonchev–Trinajstić information content (AvgIpc) is 3.88. The van der Waals surface area contributed by atoms with Gasteiger partial charge in [-0.1, -0.05) is 182 Å². The number of hydrogen-bond acceptors (Lipinski definition) is 4. The van der Waals surface area contributed by atoms with E-state index in [1.807, 2.05) is 12.1 Å². The first-order valence-corrected chi connectivity index (χ1v) is 20.3. The summed E-state index contributed by atoms with van der Waals surface area (Å²) >= 11 is 0. The maximum absolute atomic E-state index is 6.70. The summed E-state index contributed by atoms with van der Waals surface area (Å²) in [6, 6.07) is 68.5. The van der Waals surface area contributed by atoms with Crippen molar-refractivity contribution in [3.63, 3.8) is 0 Å². The SMILES string of the molecule is c1ccc(-c2cccc3ccccc23)c(-c2nc(-c3cc4ccccc4c4oc5ccccc5c34)nc(-n3c4c5ccccc5ccc4c4ccc5ccccc5c43)n2)c1. The van der Waals surface area contributed by atoms with Crippen molar-refractivity contribution >= 4 is 86.8 Å². The lowest BCUT2D eigenvalue weighted by Crippen LogP contribution is -2.07. The molecule has 13 rings (SSSR count). The lowest BCUT2D eigenvalue weighted by atomic mass is 9.94. The molecule has 278 valence electrons. The zero-order valence-electron chi connectivity index (χ0n) is 32.2. The summed E-state index contributed by atoms with van der Waals surface area (Å²) in [5, 5.41) is 13.3. The van der Waals surface area contributed by atoms with Crippen LogP contribution in [-0.2, 0) is 0 Å². The minimum absolute atomic E-state index is 0.546. The number of para-hydroxylation sites is 1. The van der Waals surface area contributed by atoms with Crippen molar-refractivity contribution in [2.24, 2.45) is 0 Å². The van der Waals surface area contributed by atoms with E-state index in [1.54, 1.807) is 0 Å². The monoisotopic (exact) mass is 764 g/mol. The van der Waals surface area contributed by atoms with E-state index in [2.05, 4.69) is 187 Å². The minimum atomic E-state index is 0.546. The molecular formula is C55H32N4O. The van der Waals surface area contributed by atoms with Crippen LogP contribution in [0.4, 0.5) is 0 Å². The number of aromatic nitrogens is 4. The van der Waals surface area contributed by atoms with Crippen LogP contribution in [0.25, 0.3) is 127 Å². The van der Waals surface area contributed by atoms with Crippen molar-refractivity contribution in [3.8, 4) is 39.9 Å². The molecule has 0 aliphatic heterocycles. The standard InChI is InChI=1S/C55H32N4O/c1-5-19-37-33(14-1)18-13-26-41(37)42-23-9-10-24-45(42)53-56-54(47-32-36-17-4-8-22-40(36)52-49(47)46-25-11-12-27-48(46)60-52)58-55(57-53)59-50-38-20-6-2-15-34(38)28-30-43(50)44-31-29-35-16-3-7-21-39(35)51(44)59/h1-32H. The van der Waals surface area contributed by atoms with Gasteiger partial charge in [-0.15, -0.1) is 0 Å². The van der Waals surface area contributed by atoms with Crippen molar-refractivity contribution in [2.75, 3.05) is 0 Å². The summed E-state index contributed by atoms with van der Waals surface area (Å²) < 4.78 is 8.99. The number of nitrogens with zero attached hydrogens (tertiary/aromatic N) is 4. The number of benzene rings is 10. The Morgan fingerprint density at radius 2 is 0.833 bits per heavy atom. The van der Waals surface area contributed by atoms with Gasteiger partial charge in [-0.05, 0) is 50.2 Å². The Labute approximate surface area is 343 Å². The molecule has 0 saturated carbocycles. The average molecular weight is 765 g/mol. The molecule has 0 saturated heterocycles. The summed E-state index contributed by atoms with van der Waals surface area (Å²) in [7, 11) is 0. The van der Waals surface area contributed by atoms with E-state index in [9.17, 15) is 0 Å². The lowest BCUT2D eigenvalue weighted by Gasteiger charge is -2.15. The second kappa shape index (κ2) is 12.7. The fourth-order valence-corrected chi connectivity index (χ4v) is 9.55. The Balaban J connectivity index is 1.21. The third-order valence-corrected chi connectivity index (χ3v) is 12.2. The van der Waals surface area contributed by atoms with Crippen molar-refractivity contribution < 1.29 is 4.42 Å². The molecule has 60 heavy (non-hydrogen) atoms. The fraction of sp³-hybridized carbons (Fsp3) is 0. The van der Waals surface area contributed by atoms with Gasteiger partial charge in [0.2, 0.25) is 5.95 Å². The van der Waals surface area contributed by atoms with Gasteiger partial charge in [0.25, 0.3) is 0 Å². The Morgan fingerprint density at radius 3 is 1.53 bits per heavy atom. The third kappa shape index (κ3) is 4.77. The molecule has 3 heterocycles. The summed E-state index contributed by atoms with van der Waals surface area (Å²) in [4.78, 5) is 16.6. The van der Waals surface area contributed by atoms with Gasteiger partial charge in [0.1, 0.15) is 11.2 Å². The number of hydrogen-bond donors (Lipinski definition) is 0. The van der Waals surface area contributed by atoms with Gasteiger partial charge in [0, 0.05) is 48.8 Å². The van der Waals surface area contributed by atoms with E-state index in [-0.39, 0.29) is 0 Å². The molecule has 0 spiro atoms. The molecule has 10 aromatic carbocycles. The van der Waals surface area contributed by atoms with Gasteiger partial charge in [-0.3, -0.25) is 4.57 Å². The molecule has 0 fully saturated rings. The van der Waals surface area contributed by atoms with Gasteiger partial charge in [0.15, 0.2) is 11.6 Å². The highest BCUT2D eigenvalue weighted by Gasteiger charge is 2.24. The summed E-state index contributed by atoms with van der Waals surface area (Å²) in [5.74, 6) is 1.70. The largest absolute Gasteiger partial charge is 0.455 e. The Morgan fingerprint density at radius 1 is 0.333 bits per heavy atom. The zero-order chi connectivity index (χ0) is 39.3. The summed E-state index contributed by atoms with van der Waals surface area (Å²) in [6.07, 6.45) is 0. The van der Waals surface area contributed by atoms with Crippen LogP contribution in [0.1, 0.15) is 0 Å². The van der Waals surface area contributed by atoms with E-state index in [4.69, 9.17) is 19.4 Å². The summed E-state index contributed by atoms with van der Waals surface area (Å²) in [5.41, 5.74) is 7.73. The minimum Gasteiger partial charge on any atom is -0.455 e. The van der Waals surface area contributed by atoms with Crippen molar-refractivity contribution in [1.82, 2.24) is 19.5 Å². The molecule has 0 bridgehead atoms. The van der Waals surface area contributed by atoms with E-state index in [0.29, 0.717) is 17.6 Å². The van der Waals surface area contributed by atoms with Crippen molar-refractivity contribution in [2.45, 2.75) is 0 Å². The molecule has 0 aliphatic rings. The van der Waals surface area contributed by atoms with Crippen molar-refractivity contribution in [3.05, 3.63) is 194 Å². The van der Waals surface area contributed by atoms with Crippen LogP contribution in [0.2, 0.25) is 0 Å². The van der Waals surface area contributed by atoms with Gasteiger partial charge in [-0.25, -0.2) is 4.98 Å². The van der Waals surface area contributed by atoms with Crippen LogP contribution >= 0.6 is 0 Å².